The molecule has 0 bridgehead atoms. The van der Waals surface area contributed by atoms with Gasteiger partial charge in [0.05, 0.1) is 11.1 Å². The zero-order chi connectivity index (χ0) is 16.9. The van der Waals surface area contributed by atoms with Crippen LogP contribution in [0.25, 0.3) is 11.0 Å². The minimum atomic E-state index is -1.04. The number of hydrogen-bond donors (Lipinski definition) is 0. The third-order valence-electron chi connectivity index (χ3n) is 4.04. The first-order valence-electron chi connectivity index (χ1n) is 7.61. The van der Waals surface area contributed by atoms with Gasteiger partial charge in [0.15, 0.2) is 17.2 Å². The van der Waals surface area contributed by atoms with Crippen molar-refractivity contribution in [3.63, 3.8) is 0 Å². The van der Waals surface area contributed by atoms with Gasteiger partial charge >= 0.3 is 0 Å². The highest BCUT2D eigenvalue weighted by Gasteiger charge is 2.28. The van der Waals surface area contributed by atoms with Crippen molar-refractivity contribution in [2.24, 2.45) is 4.99 Å². The molecule has 3 aromatic rings. The topological polar surface area (TPSA) is 51.0 Å². The maximum atomic E-state index is 13.8. The molecular formula is C18H14F2N4. The highest BCUT2D eigenvalue weighted by Crippen LogP contribution is 2.28. The number of nitrogens with zero attached hydrogens (tertiary/aromatic N) is 4. The van der Waals surface area contributed by atoms with E-state index in [1.54, 1.807) is 0 Å². The van der Waals surface area contributed by atoms with Crippen molar-refractivity contribution in [1.82, 2.24) is 15.2 Å². The average molecular weight is 324 g/mol. The summed E-state index contributed by atoms with van der Waals surface area (Å²) in [7, 11) is 0. The summed E-state index contributed by atoms with van der Waals surface area (Å²) < 4.78 is 27.1. The SMILES string of the molecule is CC1(C)Cc2ccccc2C(c2nnc3c(F)c(F)ccc3n2)=N1. The van der Waals surface area contributed by atoms with Crippen LogP contribution in [0.1, 0.15) is 30.8 Å². The van der Waals surface area contributed by atoms with E-state index in [1.165, 1.54) is 6.07 Å². The lowest BCUT2D eigenvalue weighted by molar-refractivity contribution is 0.512. The van der Waals surface area contributed by atoms with Crippen molar-refractivity contribution in [2.45, 2.75) is 25.8 Å². The van der Waals surface area contributed by atoms with Gasteiger partial charge in [-0.3, -0.25) is 4.99 Å². The van der Waals surface area contributed by atoms with Gasteiger partial charge in [-0.25, -0.2) is 13.8 Å². The van der Waals surface area contributed by atoms with Gasteiger partial charge in [0.2, 0.25) is 5.82 Å². The van der Waals surface area contributed by atoms with Crippen LogP contribution < -0.4 is 0 Å². The molecule has 4 nitrogen and oxygen atoms in total. The van der Waals surface area contributed by atoms with E-state index in [-0.39, 0.29) is 16.6 Å². The number of aromatic nitrogens is 3. The van der Waals surface area contributed by atoms with Gasteiger partial charge in [0, 0.05) is 5.56 Å². The zero-order valence-electron chi connectivity index (χ0n) is 13.2. The zero-order valence-corrected chi connectivity index (χ0v) is 13.2. The van der Waals surface area contributed by atoms with E-state index < -0.39 is 11.6 Å². The second-order valence-electron chi connectivity index (χ2n) is 6.47. The van der Waals surface area contributed by atoms with Crippen LogP contribution in [0.5, 0.6) is 0 Å². The quantitative estimate of drug-likeness (QED) is 0.688. The molecule has 1 aliphatic heterocycles. The van der Waals surface area contributed by atoms with E-state index in [0.717, 1.165) is 23.6 Å². The fourth-order valence-electron chi connectivity index (χ4n) is 2.99. The Morgan fingerprint density at radius 2 is 1.79 bits per heavy atom. The largest absolute Gasteiger partial charge is 0.274 e. The van der Waals surface area contributed by atoms with Gasteiger partial charge < -0.3 is 0 Å². The molecule has 1 aliphatic rings. The van der Waals surface area contributed by atoms with Crippen LogP contribution in [0, 0.1) is 11.6 Å². The summed E-state index contributed by atoms with van der Waals surface area (Å²) >= 11 is 0. The van der Waals surface area contributed by atoms with E-state index in [0.29, 0.717) is 11.5 Å². The Hall–Kier alpha value is -2.76. The molecule has 6 heteroatoms. The molecule has 0 aliphatic carbocycles. The standard InChI is InChI=1S/C18H14F2N4/c1-18(2)9-10-5-3-4-6-11(10)15(22-18)17-21-13-8-7-12(19)14(20)16(13)23-24-17/h3-8H,9H2,1-2H3. The minimum Gasteiger partial charge on any atom is -0.274 e. The Labute approximate surface area is 137 Å². The maximum Gasteiger partial charge on any atom is 0.201 e. The van der Waals surface area contributed by atoms with Crippen molar-refractivity contribution in [3.8, 4) is 0 Å². The summed E-state index contributed by atoms with van der Waals surface area (Å²) in [6.07, 6.45) is 0.813. The fraction of sp³-hybridized carbons (Fsp3) is 0.222. The minimum absolute atomic E-state index is 0.178. The van der Waals surface area contributed by atoms with Crippen molar-refractivity contribution in [3.05, 3.63) is 65.0 Å². The summed E-state index contributed by atoms with van der Waals surface area (Å²) in [5, 5.41) is 7.83. The second kappa shape index (κ2) is 5.12. The molecule has 0 N–H and O–H groups in total. The number of aliphatic imine (C=N–C) groups is 1. The van der Waals surface area contributed by atoms with Gasteiger partial charge in [-0.1, -0.05) is 24.3 Å². The van der Waals surface area contributed by atoms with Crippen LogP contribution in [0.15, 0.2) is 41.4 Å². The highest BCUT2D eigenvalue weighted by atomic mass is 19.2. The number of benzene rings is 2. The lowest BCUT2D eigenvalue weighted by atomic mass is 9.87. The third-order valence-corrected chi connectivity index (χ3v) is 4.04. The van der Waals surface area contributed by atoms with Crippen LogP contribution >= 0.6 is 0 Å². The molecule has 2 aromatic carbocycles. The van der Waals surface area contributed by atoms with Crippen molar-refractivity contribution >= 4 is 16.7 Å². The fourth-order valence-corrected chi connectivity index (χ4v) is 2.99. The second-order valence-corrected chi connectivity index (χ2v) is 6.47. The van der Waals surface area contributed by atoms with Gasteiger partial charge in [-0.15, -0.1) is 10.2 Å². The van der Waals surface area contributed by atoms with Crippen molar-refractivity contribution in [2.75, 3.05) is 0 Å². The molecule has 0 saturated carbocycles. The molecule has 0 spiro atoms. The Morgan fingerprint density at radius 1 is 1.00 bits per heavy atom. The van der Waals surface area contributed by atoms with Crippen LogP contribution in [-0.4, -0.2) is 26.4 Å². The monoisotopic (exact) mass is 324 g/mol. The number of rotatable bonds is 1. The molecule has 0 fully saturated rings. The summed E-state index contributed by atoms with van der Waals surface area (Å²) in [5.74, 6) is -1.69. The van der Waals surface area contributed by atoms with Crippen LogP contribution in [0.4, 0.5) is 8.78 Å². The van der Waals surface area contributed by atoms with Crippen molar-refractivity contribution in [1.29, 1.82) is 0 Å². The number of halogens is 2. The summed E-state index contributed by atoms with van der Waals surface area (Å²) in [6.45, 7) is 4.07. The van der Waals surface area contributed by atoms with E-state index in [1.807, 2.05) is 32.0 Å². The predicted octanol–water partition coefficient (Wildman–Crippen LogP) is 3.48. The Morgan fingerprint density at radius 3 is 2.62 bits per heavy atom. The van der Waals surface area contributed by atoms with Crippen LogP contribution in [0.3, 0.4) is 0 Å². The molecule has 120 valence electrons. The summed E-state index contributed by atoms with van der Waals surface area (Å²) in [5.41, 5.74) is 2.50. The average Bonchev–Trinajstić information content (AvgIpc) is 2.56. The first-order valence-corrected chi connectivity index (χ1v) is 7.61. The summed E-state index contributed by atoms with van der Waals surface area (Å²) in [4.78, 5) is 9.11. The molecule has 0 amide bonds. The van der Waals surface area contributed by atoms with Crippen LogP contribution in [-0.2, 0) is 6.42 Å². The highest BCUT2D eigenvalue weighted by molar-refractivity contribution is 6.12. The van der Waals surface area contributed by atoms with Gasteiger partial charge in [-0.05, 0) is 38.0 Å². The van der Waals surface area contributed by atoms with Gasteiger partial charge in [-0.2, -0.15) is 0 Å². The molecule has 24 heavy (non-hydrogen) atoms. The molecular weight excluding hydrogens is 310 g/mol. The molecule has 0 atom stereocenters. The summed E-state index contributed by atoms with van der Waals surface area (Å²) in [6, 6.07) is 10.4. The predicted molar refractivity (Wildman–Crippen MR) is 87.1 cm³/mol. The Balaban J connectivity index is 1.93. The van der Waals surface area contributed by atoms with E-state index in [2.05, 4.69) is 21.2 Å². The molecule has 0 saturated heterocycles. The first kappa shape index (κ1) is 14.8. The Bertz CT molecular complexity index is 995. The van der Waals surface area contributed by atoms with Gasteiger partial charge in [0.1, 0.15) is 5.71 Å². The lowest BCUT2D eigenvalue weighted by Gasteiger charge is -2.28. The van der Waals surface area contributed by atoms with E-state index in [9.17, 15) is 8.78 Å². The van der Waals surface area contributed by atoms with E-state index in [4.69, 9.17) is 4.99 Å². The molecule has 1 aromatic heterocycles. The van der Waals surface area contributed by atoms with Gasteiger partial charge in [0.25, 0.3) is 0 Å². The van der Waals surface area contributed by atoms with E-state index >= 15 is 0 Å². The molecule has 0 unspecified atom stereocenters. The molecule has 2 heterocycles. The number of fused-ring (bicyclic) bond motifs is 2. The lowest BCUT2D eigenvalue weighted by Crippen LogP contribution is -2.30. The normalized spacial score (nSPS) is 15.9. The smallest absolute Gasteiger partial charge is 0.201 e. The molecule has 0 radical (unpaired) electrons. The molecule has 4 rings (SSSR count). The van der Waals surface area contributed by atoms with Crippen LogP contribution in [0.2, 0.25) is 0 Å². The van der Waals surface area contributed by atoms with Crippen molar-refractivity contribution < 1.29 is 8.78 Å². The number of hydrogen-bond acceptors (Lipinski definition) is 4. The Kier molecular flexibility index (Phi) is 3.16. The maximum absolute atomic E-state index is 13.8. The first-order chi connectivity index (χ1) is 11.4. The third kappa shape index (κ3) is 2.35.